The van der Waals surface area contributed by atoms with Gasteiger partial charge in [0.2, 0.25) is 0 Å². The summed E-state index contributed by atoms with van der Waals surface area (Å²) in [7, 11) is 0. The van der Waals surface area contributed by atoms with Crippen LogP contribution in [-0.2, 0) is 0 Å². The third kappa shape index (κ3) is 5.03. The Morgan fingerprint density at radius 1 is 0.380 bits per heavy atom. The van der Waals surface area contributed by atoms with Gasteiger partial charge in [-0.3, -0.25) is 0 Å². The topological polar surface area (TPSA) is 3.24 Å². The van der Waals surface area contributed by atoms with Crippen molar-refractivity contribution >= 4 is 56.0 Å². The number of rotatable bonds is 6. The molecule has 9 rings (SSSR count). The molecule has 0 bridgehead atoms. The standard InChI is InChI=1S/C49H35N/c1-33-32-42(29-31-43(33)47-30-24-39-16-11-19-46-45-18-10-9-17-44(45)34(2)48(47)49(39)46)50(40-25-20-37(21-26-40)35-12-5-3-6-13-35)41-27-22-38(23-28-41)36-14-7-4-8-15-36/h3-32H,2H2,1H3. The molecular formula is C49H35N. The van der Waals surface area contributed by atoms with Crippen LogP contribution in [0.15, 0.2) is 182 Å². The van der Waals surface area contributed by atoms with E-state index in [0.717, 1.165) is 22.3 Å². The first kappa shape index (κ1) is 29.7. The van der Waals surface area contributed by atoms with Gasteiger partial charge in [-0.25, -0.2) is 0 Å². The fourth-order valence-corrected chi connectivity index (χ4v) is 7.66. The van der Waals surface area contributed by atoms with Gasteiger partial charge in [0.25, 0.3) is 0 Å². The van der Waals surface area contributed by atoms with Crippen LogP contribution in [0.3, 0.4) is 0 Å². The van der Waals surface area contributed by atoms with E-state index in [4.69, 9.17) is 0 Å². The van der Waals surface area contributed by atoms with Gasteiger partial charge in [-0.15, -0.1) is 0 Å². The molecule has 0 aliphatic carbocycles. The summed E-state index contributed by atoms with van der Waals surface area (Å²) in [5.74, 6) is 0. The molecule has 236 valence electrons. The normalized spacial score (nSPS) is 11.4. The highest BCUT2D eigenvalue weighted by atomic mass is 15.1. The third-order valence-corrected chi connectivity index (χ3v) is 10.1. The summed E-state index contributed by atoms with van der Waals surface area (Å²) in [4.78, 5) is 2.36. The Bertz CT molecular complexity index is 2610. The van der Waals surface area contributed by atoms with Crippen LogP contribution in [0, 0.1) is 6.92 Å². The predicted octanol–water partition coefficient (Wildman–Crippen LogP) is 13.1. The Morgan fingerprint density at radius 2 is 0.880 bits per heavy atom. The Kier molecular flexibility index (Phi) is 7.25. The van der Waals surface area contributed by atoms with Crippen molar-refractivity contribution in [3.05, 3.63) is 193 Å². The molecule has 9 aromatic carbocycles. The molecule has 0 spiro atoms. The second-order valence-corrected chi connectivity index (χ2v) is 13.1. The first-order valence-corrected chi connectivity index (χ1v) is 17.2. The average Bonchev–Trinajstić information content (AvgIpc) is 3.18. The van der Waals surface area contributed by atoms with Crippen molar-refractivity contribution < 1.29 is 0 Å². The van der Waals surface area contributed by atoms with Crippen LogP contribution >= 0.6 is 0 Å². The van der Waals surface area contributed by atoms with E-state index in [0.29, 0.717) is 0 Å². The van der Waals surface area contributed by atoms with E-state index < -0.39 is 0 Å². The van der Waals surface area contributed by atoms with Gasteiger partial charge in [0.1, 0.15) is 0 Å². The molecule has 0 N–H and O–H groups in total. The molecule has 9 aromatic rings. The van der Waals surface area contributed by atoms with E-state index >= 15 is 0 Å². The van der Waals surface area contributed by atoms with Crippen molar-refractivity contribution in [2.75, 3.05) is 4.90 Å². The highest BCUT2D eigenvalue weighted by Crippen LogP contribution is 2.41. The van der Waals surface area contributed by atoms with Crippen molar-refractivity contribution in [1.82, 2.24) is 0 Å². The average molecular weight is 638 g/mol. The van der Waals surface area contributed by atoms with Crippen molar-refractivity contribution in [3.63, 3.8) is 0 Å². The zero-order valence-corrected chi connectivity index (χ0v) is 28.0. The van der Waals surface area contributed by atoms with Gasteiger partial charge in [0.05, 0.1) is 0 Å². The first-order chi connectivity index (χ1) is 24.6. The van der Waals surface area contributed by atoms with E-state index in [1.807, 2.05) is 0 Å². The van der Waals surface area contributed by atoms with E-state index in [2.05, 4.69) is 200 Å². The molecule has 1 heteroatoms. The molecule has 50 heavy (non-hydrogen) atoms. The lowest BCUT2D eigenvalue weighted by Crippen LogP contribution is -2.10. The zero-order chi connectivity index (χ0) is 33.6. The molecule has 0 atom stereocenters. The summed E-state index contributed by atoms with van der Waals surface area (Å²) in [6, 6.07) is 65.7. The maximum atomic E-state index is 4.67. The van der Waals surface area contributed by atoms with Crippen molar-refractivity contribution in [1.29, 1.82) is 0 Å². The van der Waals surface area contributed by atoms with Gasteiger partial charge in [-0.2, -0.15) is 0 Å². The molecular weight excluding hydrogens is 603 g/mol. The third-order valence-electron chi connectivity index (χ3n) is 10.1. The fraction of sp³-hybridized carbons (Fsp3) is 0.0204. The molecule has 0 unspecified atom stereocenters. The maximum Gasteiger partial charge on any atom is 0.0464 e. The smallest absolute Gasteiger partial charge is 0.0464 e. The number of nitrogens with zero attached hydrogens (tertiary/aromatic N) is 1. The second kappa shape index (κ2) is 12.2. The summed E-state index contributed by atoms with van der Waals surface area (Å²) in [6.07, 6.45) is 0. The Balaban J connectivity index is 1.18. The van der Waals surface area contributed by atoms with Crippen LogP contribution in [0.5, 0.6) is 0 Å². The second-order valence-electron chi connectivity index (χ2n) is 13.1. The van der Waals surface area contributed by atoms with Crippen molar-refractivity contribution in [2.45, 2.75) is 6.92 Å². The number of hydrogen-bond acceptors (Lipinski definition) is 1. The van der Waals surface area contributed by atoms with Crippen LogP contribution < -0.4 is 10.1 Å². The Morgan fingerprint density at radius 3 is 1.48 bits per heavy atom. The maximum absolute atomic E-state index is 4.67. The lowest BCUT2D eigenvalue weighted by Gasteiger charge is -2.27. The van der Waals surface area contributed by atoms with Gasteiger partial charge >= 0.3 is 0 Å². The predicted molar refractivity (Wildman–Crippen MR) is 215 cm³/mol. The zero-order valence-electron chi connectivity index (χ0n) is 28.0. The Labute approximate surface area is 293 Å². The summed E-state index contributed by atoms with van der Waals surface area (Å²) in [5.41, 5.74) is 11.8. The van der Waals surface area contributed by atoms with Crippen LogP contribution in [-0.4, -0.2) is 0 Å². The number of anilines is 3. The summed E-state index contributed by atoms with van der Waals surface area (Å²) < 4.78 is 0. The minimum Gasteiger partial charge on any atom is -0.310 e. The van der Waals surface area contributed by atoms with Gasteiger partial charge in [-0.1, -0.05) is 152 Å². The van der Waals surface area contributed by atoms with E-state index in [9.17, 15) is 0 Å². The lowest BCUT2D eigenvalue weighted by atomic mass is 9.87. The highest BCUT2D eigenvalue weighted by molar-refractivity contribution is 6.24. The quantitative estimate of drug-likeness (QED) is 0.130. The number of aryl methyl sites for hydroxylation is 1. The van der Waals surface area contributed by atoms with E-state index in [-0.39, 0.29) is 0 Å². The Hall–Kier alpha value is -6.44. The monoisotopic (exact) mass is 637 g/mol. The molecule has 0 saturated carbocycles. The van der Waals surface area contributed by atoms with Gasteiger partial charge in [0, 0.05) is 17.1 Å². The van der Waals surface area contributed by atoms with Crippen molar-refractivity contribution in [2.24, 2.45) is 0 Å². The fourth-order valence-electron chi connectivity index (χ4n) is 7.66. The first-order valence-electron chi connectivity index (χ1n) is 17.2. The highest BCUT2D eigenvalue weighted by Gasteiger charge is 2.18. The van der Waals surface area contributed by atoms with Crippen LogP contribution in [0.1, 0.15) is 5.56 Å². The van der Waals surface area contributed by atoms with E-state index in [1.54, 1.807) is 0 Å². The minimum absolute atomic E-state index is 1.09. The molecule has 0 amide bonds. The molecule has 0 radical (unpaired) electrons. The number of fused-ring (bicyclic) bond motifs is 2. The van der Waals surface area contributed by atoms with Crippen LogP contribution in [0.2, 0.25) is 0 Å². The molecule has 0 aliphatic heterocycles. The van der Waals surface area contributed by atoms with Crippen LogP contribution in [0.25, 0.3) is 72.3 Å². The molecule has 0 saturated heterocycles. The molecule has 0 heterocycles. The molecule has 1 nitrogen and oxygen atoms in total. The van der Waals surface area contributed by atoms with Gasteiger partial charge in [0.15, 0.2) is 0 Å². The van der Waals surface area contributed by atoms with Crippen LogP contribution in [0.4, 0.5) is 17.1 Å². The summed E-state index contributed by atoms with van der Waals surface area (Å²) in [6.45, 7) is 6.90. The van der Waals surface area contributed by atoms with Gasteiger partial charge < -0.3 is 4.90 Å². The van der Waals surface area contributed by atoms with Gasteiger partial charge in [-0.05, 0) is 120 Å². The lowest BCUT2D eigenvalue weighted by molar-refractivity contribution is 1.27. The number of benzene rings is 9. The van der Waals surface area contributed by atoms with E-state index in [1.165, 1.54) is 71.3 Å². The van der Waals surface area contributed by atoms with Crippen molar-refractivity contribution in [3.8, 4) is 33.4 Å². The number of hydrogen-bond donors (Lipinski definition) is 0. The SMILES string of the molecule is C=c1c2ccccc2c2cccc3ccc(-c4ccc(N(c5ccc(-c6ccccc6)cc5)c5ccc(-c6ccccc6)cc5)cc4C)c1c32. The molecule has 0 aliphatic rings. The largest absolute Gasteiger partial charge is 0.310 e. The minimum atomic E-state index is 1.09. The summed E-state index contributed by atoms with van der Waals surface area (Å²) in [5, 5.41) is 8.59. The summed E-state index contributed by atoms with van der Waals surface area (Å²) >= 11 is 0. The molecule has 0 fully saturated rings. The molecule has 0 aromatic heterocycles.